The maximum absolute atomic E-state index is 12.2. The van der Waals surface area contributed by atoms with Gasteiger partial charge in [-0.2, -0.15) is 0 Å². The summed E-state index contributed by atoms with van der Waals surface area (Å²) in [6.45, 7) is 5.65. The van der Waals surface area contributed by atoms with Crippen LogP contribution in [0, 0.1) is 0 Å². The average molecular weight is 296 g/mol. The molecule has 2 rings (SSSR count). The van der Waals surface area contributed by atoms with Gasteiger partial charge in [-0.15, -0.1) is 11.3 Å². The van der Waals surface area contributed by atoms with E-state index in [9.17, 15) is 9.90 Å². The van der Waals surface area contributed by atoms with Crippen LogP contribution in [0.15, 0.2) is 17.5 Å². The molecular weight excluding hydrogens is 272 g/mol. The molecule has 1 unspecified atom stereocenters. The van der Waals surface area contributed by atoms with Gasteiger partial charge in [-0.3, -0.25) is 9.69 Å². The van der Waals surface area contributed by atoms with E-state index < -0.39 is 0 Å². The van der Waals surface area contributed by atoms with Gasteiger partial charge < -0.3 is 10.0 Å². The van der Waals surface area contributed by atoms with Crippen molar-refractivity contribution in [2.75, 3.05) is 32.8 Å². The maximum Gasteiger partial charge on any atom is 0.223 e. The Morgan fingerprint density at radius 1 is 1.40 bits per heavy atom. The Labute approximate surface area is 125 Å². The molecule has 0 radical (unpaired) electrons. The van der Waals surface area contributed by atoms with Crippen molar-refractivity contribution in [3.63, 3.8) is 0 Å². The quantitative estimate of drug-likeness (QED) is 0.867. The number of hydrogen-bond acceptors (Lipinski definition) is 4. The van der Waals surface area contributed by atoms with Gasteiger partial charge in [-0.1, -0.05) is 13.0 Å². The van der Waals surface area contributed by atoms with E-state index in [1.54, 1.807) is 11.3 Å². The van der Waals surface area contributed by atoms with Crippen molar-refractivity contribution in [3.05, 3.63) is 22.4 Å². The van der Waals surface area contributed by atoms with Gasteiger partial charge in [0.05, 0.1) is 6.61 Å². The Kier molecular flexibility index (Phi) is 6.01. The van der Waals surface area contributed by atoms with Gasteiger partial charge in [0.1, 0.15) is 0 Å². The minimum atomic E-state index is 0.211. The fourth-order valence-corrected chi connectivity index (χ4v) is 3.39. The van der Waals surface area contributed by atoms with Gasteiger partial charge in [0.15, 0.2) is 0 Å². The van der Waals surface area contributed by atoms with Gasteiger partial charge in [-0.25, -0.2) is 0 Å². The summed E-state index contributed by atoms with van der Waals surface area (Å²) in [6.07, 6.45) is 2.42. The second kappa shape index (κ2) is 7.76. The molecule has 1 saturated heterocycles. The van der Waals surface area contributed by atoms with Crippen molar-refractivity contribution in [1.82, 2.24) is 9.80 Å². The lowest BCUT2D eigenvalue weighted by Gasteiger charge is -2.38. The van der Waals surface area contributed by atoms with Gasteiger partial charge in [0, 0.05) is 43.5 Å². The number of piperazine rings is 1. The Balaban J connectivity index is 1.74. The van der Waals surface area contributed by atoms with E-state index in [-0.39, 0.29) is 18.6 Å². The summed E-state index contributed by atoms with van der Waals surface area (Å²) in [5, 5.41) is 11.4. The first-order valence-corrected chi connectivity index (χ1v) is 8.27. The van der Waals surface area contributed by atoms with Crippen LogP contribution >= 0.6 is 11.3 Å². The van der Waals surface area contributed by atoms with Crippen LogP contribution in [0.4, 0.5) is 0 Å². The number of aryl methyl sites for hydroxylation is 1. The van der Waals surface area contributed by atoms with Crippen LogP contribution < -0.4 is 0 Å². The molecule has 0 bridgehead atoms. The minimum absolute atomic E-state index is 0.211. The smallest absolute Gasteiger partial charge is 0.223 e. The van der Waals surface area contributed by atoms with Crippen LogP contribution in [-0.2, 0) is 11.2 Å². The highest BCUT2D eigenvalue weighted by molar-refractivity contribution is 7.09. The van der Waals surface area contributed by atoms with Crippen LogP contribution in [0.25, 0.3) is 0 Å². The van der Waals surface area contributed by atoms with Crippen molar-refractivity contribution in [2.24, 2.45) is 0 Å². The lowest BCUT2D eigenvalue weighted by atomic mass is 10.1. The number of carbonyl (C=O) groups excluding carboxylic acids is 1. The number of amides is 1. The number of nitrogens with zero attached hydrogens (tertiary/aromatic N) is 2. The van der Waals surface area contributed by atoms with Crippen molar-refractivity contribution in [2.45, 2.75) is 32.2 Å². The zero-order valence-electron chi connectivity index (χ0n) is 12.1. The van der Waals surface area contributed by atoms with Crippen LogP contribution in [0.2, 0.25) is 0 Å². The number of rotatable bonds is 6. The molecular formula is C15H24N2O2S. The first-order chi connectivity index (χ1) is 9.74. The standard InChI is InChI=1S/C15H24N2O2S/c1-2-13(12-18)16-7-9-17(10-8-16)15(19)6-5-14-4-3-11-20-14/h3-4,11,13,18H,2,5-10,12H2,1H3. The van der Waals surface area contributed by atoms with Gasteiger partial charge in [-0.05, 0) is 24.3 Å². The first-order valence-electron chi connectivity index (χ1n) is 7.39. The summed E-state index contributed by atoms with van der Waals surface area (Å²) in [5.41, 5.74) is 0. The third-order valence-electron chi connectivity index (χ3n) is 4.03. The van der Waals surface area contributed by atoms with E-state index in [2.05, 4.69) is 23.3 Å². The van der Waals surface area contributed by atoms with Gasteiger partial charge >= 0.3 is 0 Å². The lowest BCUT2D eigenvalue weighted by molar-refractivity contribution is -0.133. The minimum Gasteiger partial charge on any atom is -0.395 e. The Hall–Kier alpha value is -0.910. The SMILES string of the molecule is CCC(CO)N1CCN(C(=O)CCc2cccs2)CC1. The molecule has 5 heteroatoms. The summed E-state index contributed by atoms with van der Waals surface area (Å²) < 4.78 is 0. The molecule has 0 aromatic carbocycles. The Bertz CT molecular complexity index is 396. The zero-order chi connectivity index (χ0) is 14.4. The normalized spacial score (nSPS) is 18.2. The third kappa shape index (κ3) is 4.04. The van der Waals surface area contributed by atoms with E-state index >= 15 is 0 Å². The molecule has 0 aliphatic carbocycles. The third-order valence-corrected chi connectivity index (χ3v) is 4.97. The first kappa shape index (κ1) is 15.5. The van der Waals surface area contributed by atoms with Crippen molar-refractivity contribution >= 4 is 17.2 Å². The largest absolute Gasteiger partial charge is 0.395 e. The van der Waals surface area contributed by atoms with Crippen LogP contribution in [-0.4, -0.2) is 59.6 Å². The van der Waals surface area contributed by atoms with Crippen LogP contribution in [0.3, 0.4) is 0 Å². The fourth-order valence-electron chi connectivity index (χ4n) is 2.68. The van der Waals surface area contributed by atoms with Crippen molar-refractivity contribution in [3.8, 4) is 0 Å². The van der Waals surface area contributed by atoms with E-state index in [1.165, 1.54) is 4.88 Å². The second-order valence-electron chi connectivity index (χ2n) is 5.24. The second-order valence-corrected chi connectivity index (χ2v) is 6.27. The Morgan fingerprint density at radius 2 is 2.15 bits per heavy atom. The van der Waals surface area contributed by atoms with E-state index in [1.807, 2.05) is 11.0 Å². The van der Waals surface area contributed by atoms with Crippen LogP contribution in [0.5, 0.6) is 0 Å². The predicted octanol–water partition coefficient (Wildman–Crippen LogP) is 1.60. The molecule has 1 aliphatic rings. The van der Waals surface area contributed by atoms with E-state index in [0.717, 1.165) is 39.0 Å². The number of aliphatic hydroxyl groups excluding tert-OH is 1. The highest BCUT2D eigenvalue weighted by Gasteiger charge is 2.24. The Morgan fingerprint density at radius 3 is 2.70 bits per heavy atom. The molecule has 1 fully saturated rings. The molecule has 2 heterocycles. The van der Waals surface area contributed by atoms with E-state index in [0.29, 0.717) is 6.42 Å². The molecule has 1 atom stereocenters. The molecule has 0 saturated carbocycles. The number of thiophene rings is 1. The monoisotopic (exact) mass is 296 g/mol. The molecule has 1 aromatic heterocycles. The summed E-state index contributed by atoms with van der Waals surface area (Å²) in [4.78, 5) is 17.7. The topological polar surface area (TPSA) is 43.8 Å². The summed E-state index contributed by atoms with van der Waals surface area (Å²) in [5.74, 6) is 0.259. The maximum atomic E-state index is 12.2. The molecule has 1 aliphatic heterocycles. The molecule has 1 aromatic rings. The van der Waals surface area contributed by atoms with Crippen molar-refractivity contribution in [1.29, 1.82) is 0 Å². The van der Waals surface area contributed by atoms with Gasteiger partial charge in [0.2, 0.25) is 5.91 Å². The number of carbonyl (C=O) groups is 1. The highest BCUT2D eigenvalue weighted by Crippen LogP contribution is 2.14. The highest BCUT2D eigenvalue weighted by atomic mass is 32.1. The predicted molar refractivity (Wildman–Crippen MR) is 82.0 cm³/mol. The molecule has 4 nitrogen and oxygen atoms in total. The number of hydrogen-bond donors (Lipinski definition) is 1. The molecule has 1 N–H and O–H groups in total. The molecule has 1 amide bonds. The molecule has 0 spiro atoms. The zero-order valence-corrected chi connectivity index (χ0v) is 12.9. The lowest BCUT2D eigenvalue weighted by Crippen LogP contribution is -2.52. The van der Waals surface area contributed by atoms with Gasteiger partial charge in [0.25, 0.3) is 0 Å². The average Bonchev–Trinajstić information content (AvgIpc) is 3.00. The molecule has 20 heavy (non-hydrogen) atoms. The van der Waals surface area contributed by atoms with E-state index in [4.69, 9.17) is 0 Å². The van der Waals surface area contributed by atoms with Crippen molar-refractivity contribution < 1.29 is 9.90 Å². The fraction of sp³-hybridized carbons (Fsp3) is 0.667. The summed E-state index contributed by atoms with van der Waals surface area (Å²) >= 11 is 1.72. The summed E-state index contributed by atoms with van der Waals surface area (Å²) in [7, 11) is 0. The summed E-state index contributed by atoms with van der Waals surface area (Å²) in [6, 6.07) is 4.37. The molecule has 112 valence electrons. The number of aliphatic hydroxyl groups is 1. The van der Waals surface area contributed by atoms with Crippen LogP contribution in [0.1, 0.15) is 24.6 Å².